The molecule has 0 saturated carbocycles. The molecule has 1 rings (SSSR count). The number of hydrogen-bond donors (Lipinski definition) is 2. The van der Waals surface area contributed by atoms with E-state index in [9.17, 15) is 9.59 Å². The van der Waals surface area contributed by atoms with Crippen molar-refractivity contribution in [3.8, 4) is 0 Å². The van der Waals surface area contributed by atoms with Gasteiger partial charge in [0.15, 0.2) is 0 Å². The standard InChI is InChI=1S/C10H17N5O2/c1-4-11-8(16)6-15(5-2)10(17)9-12-7(3)13-14-9/h4-6H2,1-3H3,(H,11,16)(H,12,13,14). The largest absolute Gasteiger partial charge is 0.355 e. The molecule has 0 radical (unpaired) electrons. The normalized spacial score (nSPS) is 10.1. The van der Waals surface area contributed by atoms with Gasteiger partial charge in [0.1, 0.15) is 5.82 Å². The molecule has 0 bridgehead atoms. The maximum atomic E-state index is 11.9. The molecule has 0 unspecified atom stereocenters. The summed E-state index contributed by atoms with van der Waals surface area (Å²) in [6.45, 7) is 6.35. The van der Waals surface area contributed by atoms with E-state index < -0.39 is 0 Å². The Bertz CT molecular complexity index is 401. The van der Waals surface area contributed by atoms with Crippen LogP contribution in [0.3, 0.4) is 0 Å². The Kier molecular flexibility index (Phi) is 4.62. The summed E-state index contributed by atoms with van der Waals surface area (Å²) in [5, 5.41) is 9.02. The zero-order valence-corrected chi connectivity index (χ0v) is 10.3. The third kappa shape index (κ3) is 3.54. The Morgan fingerprint density at radius 1 is 1.41 bits per heavy atom. The Labute approximate surface area is 99.6 Å². The van der Waals surface area contributed by atoms with E-state index in [4.69, 9.17) is 0 Å². The molecule has 0 fully saturated rings. The lowest BCUT2D eigenvalue weighted by atomic mass is 10.4. The first-order chi connectivity index (χ1) is 8.08. The van der Waals surface area contributed by atoms with Crippen LogP contribution in [0.2, 0.25) is 0 Å². The second kappa shape index (κ2) is 5.97. The maximum Gasteiger partial charge on any atom is 0.293 e. The van der Waals surface area contributed by atoms with Gasteiger partial charge in [-0.1, -0.05) is 0 Å². The minimum Gasteiger partial charge on any atom is -0.355 e. The van der Waals surface area contributed by atoms with E-state index in [1.807, 2.05) is 6.92 Å². The number of aryl methyl sites for hydroxylation is 1. The van der Waals surface area contributed by atoms with E-state index in [1.54, 1.807) is 13.8 Å². The first-order valence-corrected chi connectivity index (χ1v) is 5.53. The smallest absolute Gasteiger partial charge is 0.293 e. The van der Waals surface area contributed by atoms with Gasteiger partial charge in [0.2, 0.25) is 11.7 Å². The van der Waals surface area contributed by atoms with E-state index in [0.29, 0.717) is 18.9 Å². The second-order valence-corrected chi connectivity index (χ2v) is 3.52. The van der Waals surface area contributed by atoms with E-state index in [-0.39, 0.29) is 24.2 Å². The first kappa shape index (κ1) is 13.1. The summed E-state index contributed by atoms with van der Waals surface area (Å²) in [7, 11) is 0. The first-order valence-electron chi connectivity index (χ1n) is 5.53. The molecule has 7 nitrogen and oxygen atoms in total. The van der Waals surface area contributed by atoms with Crippen molar-refractivity contribution >= 4 is 11.8 Å². The van der Waals surface area contributed by atoms with Gasteiger partial charge < -0.3 is 10.2 Å². The Hall–Kier alpha value is -1.92. The highest BCUT2D eigenvalue weighted by molar-refractivity contribution is 5.93. The van der Waals surface area contributed by atoms with Crippen LogP contribution >= 0.6 is 0 Å². The van der Waals surface area contributed by atoms with Gasteiger partial charge in [-0.15, -0.1) is 5.10 Å². The van der Waals surface area contributed by atoms with E-state index in [1.165, 1.54) is 4.90 Å². The molecular formula is C10H17N5O2. The Morgan fingerprint density at radius 2 is 2.12 bits per heavy atom. The minimum atomic E-state index is -0.344. The highest BCUT2D eigenvalue weighted by Gasteiger charge is 2.20. The number of likely N-dealkylation sites (N-methyl/N-ethyl adjacent to an activating group) is 2. The molecule has 1 aromatic rings. The summed E-state index contributed by atoms with van der Waals surface area (Å²) in [6, 6.07) is 0. The fraction of sp³-hybridized carbons (Fsp3) is 0.600. The number of aromatic amines is 1. The number of hydrogen-bond acceptors (Lipinski definition) is 4. The van der Waals surface area contributed by atoms with Crippen LogP contribution in [0.5, 0.6) is 0 Å². The van der Waals surface area contributed by atoms with Gasteiger partial charge in [0.25, 0.3) is 5.91 Å². The molecule has 2 N–H and O–H groups in total. The second-order valence-electron chi connectivity index (χ2n) is 3.52. The highest BCUT2D eigenvalue weighted by Crippen LogP contribution is 1.99. The van der Waals surface area contributed by atoms with Crippen LogP contribution in [0.25, 0.3) is 0 Å². The Morgan fingerprint density at radius 3 is 2.59 bits per heavy atom. The molecular weight excluding hydrogens is 222 g/mol. The van der Waals surface area contributed by atoms with Crippen LogP contribution in [0.1, 0.15) is 30.3 Å². The molecule has 1 aromatic heterocycles. The number of nitrogens with one attached hydrogen (secondary N) is 2. The van der Waals surface area contributed by atoms with Gasteiger partial charge >= 0.3 is 0 Å². The molecule has 0 atom stereocenters. The van der Waals surface area contributed by atoms with Crippen molar-refractivity contribution in [3.05, 3.63) is 11.6 Å². The zero-order chi connectivity index (χ0) is 12.8. The number of H-pyrrole nitrogens is 1. The summed E-state index contributed by atoms with van der Waals surface area (Å²) < 4.78 is 0. The van der Waals surface area contributed by atoms with Crippen LogP contribution in [-0.4, -0.2) is 51.5 Å². The molecule has 1 heterocycles. The average molecular weight is 239 g/mol. The number of carbonyl (C=O) groups excluding carboxylic acids is 2. The maximum absolute atomic E-state index is 11.9. The summed E-state index contributed by atoms with van der Waals surface area (Å²) in [5.41, 5.74) is 0. The number of nitrogens with zero attached hydrogens (tertiary/aromatic N) is 3. The van der Waals surface area contributed by atoms with Crippen LogP contribution in [-0.2, 0) is 4.79 Å². The lowest BCUT2D eigenvalue weighted by molar-refractivity contribution is -0.121. The fourth-order valence-electron chi connectivity index (χ4n) is 1.33. The average Bonchev–Trinajstić information content (AvgIpc) is 2.72. The van der Waals surface area contributed by atoms with E-state index in [0.717, 1.165) is 0 Å². The van der Waals surface area contributed by atoms with Gasteiger partial charge in [0, 0.05) is 13.1 Å². The SMILES string of the molecule is CCNC(=O)CN(CC)C(=O)c1n[nH]c(C)n1. The van der Waals surface area contributed by atoms with Crippen LogP contribution in [0.4, 0.5) is 0 Å². The van der Waals surface area contributed by atoms with E-state index in [2.05, 4.69) is 20.5 Å². The van der Waals surface area contributed by atoms with Gasteiger partial charge in [-0.05, 0) is 20.8 Å². The molecule has 0 aliphatic carbocycles. The minimum absolute atomic E-state index is 0.0246. The third-order valence-electron chi connectivity index (χ3n) is 2.17. The van der Waals surface area contributed by atoms with Crippen molar-refractivity contribution in [3.63, 3.8) is 0 Å². The molecule has 0 saturated heterocycles. The predicted molar refractivity (Wildman–Crippen MR) is 61.4 cm³/mol. The Balaban J connectivity index is 2.67. The fourth-order valence-corrected chi connectivity index (χ4v) is 1.33. The van der Waals surface area contributed by atoms with Crippen LogP contribution < -0.4 is 5.32 Å². The van der Waals surface area contributed by atoms with Crippen LogP contribution in [0, 0.1) is 6.92 Å². The molecule has 0 spiro atoms. The van der Waals surface area contributed by atoms with Crippen molar-refractivity contribution in [2.24, 2.45) is 0 Å². The molecule has 7 heteroatoms. The number of aromatic nitrogens is 3. The molecule has 0 aliphatic rings. The number of amides is 2. The molecule has 2 amide bonds. The summed E-state index contributed by atoms with van der Waals surface area (Å²) >= 11 is 0. The monoisotopic (exact) mass is 239 g/mol. The van der Waals surface area contributed by atoms with Crippen molar-refractivity contribution in [1.82, 2.24) is 25.4 Å². The topological polar surface area (TPSA) is 91.0 Å². The number of rotatable bonds is 5. The summed E-state index contributed by atoms with van der Waals surface area (Å²) in [5.74, 6) is 0.133. The van der Waals surface area contributed by atoms with E-state index >= 15 is 0 Å². The molecule has 17 heavy (non-hydrogen) atoms. The quantitative estimate of drug-likeness (QED) is 0.738. The lowest BCUT2D eigenvalue weighted by Crippen LogP contribution is -2.40. The van der Waals surface area contributed by atoms with Crippen LogP contribution in [0.15, 0.2) is 0 Å². The zero-order valence-electron chi connectivity index (χ0n) is 10.3. The highest BCUT2D eigenvalue weighted by atomic mass is 16.2. The molecule has 0 aliphatic heterocycles. The third-order valence-corrected chi connectivity index (χ3v) is 2.17. The number of carbonyl (C=O) groups is 2. The van der Waals surface area contributed by atoms with Crippen molar-refractivity contribution in [2.75, 3.05) is 19.6 Å². The van der Waals surface area contributed by atoms with Gasteiger partial charge in [0.05, 0.1) is 6.54 Å². The van der Waals surface area contributed by atoms with Gasteiger partial charge in [-0.25, -0.2) is 4.98 Å². The van der Waals surface area contributed by atoms with Gasteiger partial charge in [-0.3, -0.25) is 14.7 Å². The predicted octanol–water partition coefficient (Wildman–Crippen LogP) is -0.289. The summed E-state index contributed by atoms with van der Waals surface area (Å²) in [6.07, 6.45) is 0. The lowest BCUT2D eigenvalue weighted by Gasteiger charge is -2.18. The van der Waals surface area contributed by atoms with Crippen molar-refractivity contribution < 1.29 is 9.59 Å². The van der Waals surface area contributed by atoms with Crippen molar-refractivity contribution in [1.29, 1.82) is 0 Å². The van der Waals surface area contributed by atoms with Crippen molar-refractivity contribution in [2.45, 2.75) is 20.8 Å². The molecule has 0 aromatic carbocycles. The summed E-state index contributed by atoms with van der Waals surface area (Å²) in [4.78, 5) is 28.7. The molecule has 94 valence electrons. The van der Waals surface area contributed by atoms with Gasteiger partial charge in [-0.2, -0.15) is 0 Å².